The molecule has 0 bridgehead atoms. The number of ether oxygens (including phenoxy) is 2. The molecule has 36 heavy (non-hydrogen) atoms. The van der Waals surface area contributed by atoms with Crippen LogP contribution in [0, 0.1) is 11.3 Å². The smallest absolute Gasteiger partial charge is 0.227 e. The van der Waals surface area contributed by atoms with Crippen LogP contribution >= 0.6 is 0 Å². The standard InChI is InChI=1S/C27H30N6O3/c1-33(2)26(34)16-23(29)18-3-6-21(7-4-18)31-27-30-12-9-24(32-27)19-5-8-25(20(15-19)17-28)36-22-10-13-35-14-11-22/h3-9,12,15,22-23H,10-11,13-14,16,29H2,1-2H3,(H,30,31,32). The molecule has 9 nitrogen and oxygen atoms in total. The fourth-order valence-electron chi connectivity index (χ4n) is 3.86. The number of hydrogen-bond donors (Lipinski definition) is 2. The number of aromatic nitrogens is 2. The largest absolute Gasteiger partial charge is 0.489 e. The third-order valence-corrected chi connectivity index (χ3v) is 6.00. The molecule has 3 N–H and O–H groups in total. The first-order valence-corrected chi connectivity index (χ1v) is 11.9. The molecule has 1 unspecified atom stereocenters. The Labute approximate surface area is 210 Å². The van der Waals surface area contributed by atoms with E-state index < -0.39 is 0 Å². The summed E-state index contributed by atoms with van der Waals surface area (Å²) in [6, 6.07) is 16.7. The van der Waals surface area contributed by atoms with Gasteiger partial charge >= 0.3 is 0 Å². The van der Waals surface area contributed by atoms with Crippen molar-refractivity contribution in [3.05, 3.63) is 65.9 Å². The van der Waals surface area contributed by atoms with E-state index in [1.165, 1.54) is 4.90 Å². The third kappa shape index (κ3) is 6.36. The van der Waals surface area contributed by atoms with Crippen molar-refractivity contribution in [3.8, 4) is 23.1 Å². The number of nitrogens with one attached hydrogen (secondary N) is 1. The van der Waals surface area contributed by atoms with Crippen LogP contribution in [0.15, 0.2) is 54.7 Å². The van der Waals surface area contributed by atoms with E-state index in [0.717, 1.165) is 29.7 Å². The van der Waals surface area contributed by atoms with Crippen molar-refractivity contribution in [2.75, 3.05) is 32.6 Å². The summed E-state index contributed by atoms with van der Waals surface area (Å²) in [4.78, 5) is 22.4. The molecule has 1 fully saturated rings. The van der Waals surface area contributed by atoms with Gasteiger partial charge in [-0.05, 0) is 42.0 Å². The SMILES string of the molecule is CN(C)C(=O)CC(N)c1ccc(Nc2nccc(-c3ccc(OC4CCOCC4)c(C#N)c3)n2)cc1. The predicted molar refractivity (Wildman–Crippen MR) is 137 cm³/mol. The number of hydrogen-bond acceptors (Lipinski definition) is 8. The number of carbonyl (C=O) groups is 1. The molecule has 4 rings (SSSR count). The molecule has 1 atom stereocenters. The highest BCUT2D eigenvalue weighted by Gasteiger charge is 2.18. The highest BCUT2D eigenvalue weighted by Crippen LogP contribution is 2.28. The number of anilines is 2. The lowest BCUT2D eigenvalue weighted by molar-refractivity contribution is -0.129. The summed E-state index contributed by atoms with van der Waals surface area (Å²) in [5.41, 5.74) is 9.78. The van der Waals surface area contributed by atoms with Crippen LogP contribution < -0.4 is 15.8 Å². The van der Waals surface area contributed by atoms with Gasteiger partial charge in [-0.25, -0.2) is 9.97 Å². The van der Waals surface area contributed by atoms with Gasteiger partial charge in [-0.3, -0.25) is 4.79 Å². The minimum atomic E-state index is -0.374. The molecule has 2 aromatic carbocycles. The van der Waals surface area contributed by atoms with E-state index in [2.05, 4.69) is 21.4 Å². The number of carbonyl (C=O) groups excluding carboxylic acids is 1. The molecular formula is C27H30N6O3. The Morgan fingerprint density at radius 1 is 1.22 bits per heavy atom. The van der Waals surface area contributed by atoms with Gasteiger partial charge in [-0.2, -0.15) is 5.26 Å². The van der Waals surface area contributed by atoms with Crippen molar-refractivity contribution in [1.29, 1.82) is 5.26 Å². The predicted octanol–water partition coefficient (Wildman–Crippen LogP) is 3.79. The van der Waals surface area contributed by atoms with Gasteiger partial charge in [-0.15, -0.1) is 0 Å². The first kappa shape index (κ1) is 25.1. The van der Waals surface area contributed by atoms with Crippen LogP contribution in [0.2, 0.25) is 0 Å². The molecule has 0 aliphatic carbocycles. The summed E-state index contributed by atoms with van der Waals surface area (Å²) in [6.07, 6.45) is 3.60. The van der Waals surface area contributed by atoms with Gasteiger partial charge in [0.15, 0.2) is 0 Å². The number of benzene rings is 2. The van der Waals surface area contributed by atoms with Crippen molar-refractivity contribution in [2.24, 2.45) is 5.73 Å². The van der Waals surface area contributed by atoms with E-state index in [1.807, 2.05) is 36.4 Å². The van der Waals surface area contributed by atoms with Crippen LogP contribution in [0.4, 0.5) is 11.6 Å². The van der Waals surface area contributed by atoms with Gasteiger partial charge in [0.25, 0.3) is 0 Å². The summed E-state index contributed by atoms with van der Waals surface area (Å²) in [7, 11) is 3.43. The highest BCUT2D eigenvalue weighted by atomic mass is 16.5. The number of nitrogens with zero attached hydrogens (tertiary/aromatic N) is 4. The van der Waals surface area contributed by atoms with Crippen LogP contribution in [0.25, 0.3) is 11.3 Å². The molecule has 0 saturated carbocycles. The Bertz CT molecular complexity index is 1230. The second kappa shape index (κ2) is 11.6. The second-order valence-electron chi connectivity index (χ2n) is 8.86. The van der Waals surface area contributed by atoms with Gasteiger partial charge in [-0.1, -0.05) is 12.1 Å². The quantitative estimate of drug-likeness (QED) is 0.492. The maximum Gasteiger partial charge on any atom is 0.227 e. The molecule has 1 saturated heterocycles. The van der Waals surface area contributed by atoms with Crippen molar-refractivity contribution in [2.45, 2.75) is 31.4 Å². The summed E-state index contributed by atoms with van der Waals surface area (Å²) >= 11 is 0. The first-order valence-electron chi connectivity index (χ1n) is 11.9. The summed E-state index contributed by atoms with van der Waals surface area (Å²) in [5, 5.41) is 12.9. The van der Waals surface area contributed by atoms with Crippen LogP contribution in [0.1, 0.15) is 36.4 Å². The van der Waals surface area contributed by atoms with E-state index in [-0.39, 0.29) is 24.5 Å². The zero-order valence-corrected chi connectivity index (χ0v) is 20.5. The van der Waals surface area contributed by atoms with Gasteiger partial charge in [0.1, 0.15) is 17.9 Å². The average Bonchev–Trinajstić information content (AvgIpc) is 2.90. The molecule has 186 valence electrons. The summed E-state index contributed by atoms with van der Waals surface area (Å²) in [5.74, 6) is 0.983. The summed E-state index contributed by atoms with van der Waals surface area (Å²) in [6.45, 7) is 1.35. The monoisotopic (exact) mass is 486 g/mol. The minimum absolute atomic E-state index is 0.0161. The fraction of sp³-hybridized carbons (Fsp3) is 0.333. The Morgan fingerprint density at radius 2 is 1.97 bits per heavy atom. The van der Waals surface area contributed by atoms with E-state index in [9.17, 15) is 10.1 Å². The third-order valence-electron chi connectivity index (χ3n) is 6.00. The van der Waals surface area contributed by atoms with Crippen molar-refractivity contribution in [3.63, 3.8) is 0 Å². The van der Waals surface area contributed by atoms with Crippen molar-refractivity contribution < 1.29 is 14.3 Å². The molecule has 9 heteroatoms. The molecular weight excluding hydrogens is 456 g/mol. The van der Waals surface area contributed by atoms with E-state index in [4.69, 9.17) is 15.2 Å². The first-order chi connectivity index (χ1) is 17.4. The van der Waals surface area contributed by atoms with Crippen LogP contribution in [-0.2, 0) is 9.53 Å². The molecule has 3 aromatic rings. The average molecular weight is 487 g/mol. The van der Waals surface area contributed by atoms with E-state index in [1.54, 1.807) is 32.4 Å². The number of rotatable bonds is 8. The molecule has 1 aromatic heterocycles. The molecule has 1 aliphatic heterocycles. The minimum Gasteiger partial charge on any atom is -0.489 e. The van der Waals surface area contributed by atoms with Gasteiger partial charge in [0.2, 0.25) is 11.9 Å². The van der Waals surface area contributed by atoms with Crippen LogP contribution in [0.5, 0.6) is 5.75 Å². The Hall–Kier alpha value is -4.00. The number of nitrogens with two attached hydrogens (primary N) is 1. The highest BCUT2D eigenvalue weighted by molar-refractivity contribution is 5.76. The lowest BCUT2D eigenvalue weighted by Crippen LogP contribution is -2.26. The molecule has 1 aliphatic rings. The van der Waals surface area contributed by atoms with E-state index in [0.29, 0.717) is 36.2 Å². The van der Waals surface area contributed by atoms with Gasteiger partial charge in [0.05, 0.1) is 24.5 Å². The number of amides is 1. The molecule has 0 spiro atoms. The van der Waals surface area contributed by atoms with E-state index >= 15 is 0 Å². The Kier molecular flexibility index (Phi) is 8.10. The van der Waals surface area contributed by atoms with Crippen molar-refractivity contribution in [1.82, 2.24) is 14.9 Å². The number of nitriles is 1. The van der Waals surface area contributed by atoms with Crippen LogP contribution in [0.3, 0.4) is 0 Å². The molecule has 1 amide bonds. The summed E-state index contributed by atoms with van der Waals surface area (Å²) < 4.78 is 11.4. The lowest BCUT2D eigenvalue weighted by Gasteiger charge is -2.23. The van der Waals surface area contributed by atoms with Gasteiger partial charge < -0.3 is 25.4 Å². The fourth-order valence-corrected chi connectivity index (χ4v) is 3.86. The molecule has 2 heterocycles. The van der Waals surface area contributed by atoms with Crippen molar-refractivity contribution >= 4 is 17.5 Å². The maximum atomic E-state index is 11.9. The molecule has 0 radical (unpaired) electrons. The van der Waals surface area contributed by atoms with Crippen LogP contribution in [-0.4, -0.2) is 54.2 Å². The normalized spacial score (nSPS) is 14.5. The second-order valence-corrected chi connectivity index (χ2v) is 8.86. The maximum absolute atomic E-state index is 11.9. The zero-order valence-electron chi connectivity index (χ0n) is 20.5. The zero-order chi connectivity index (χ0) is 25.5. The topological polar surface area (TPSA) is 126 Å². The Balaban J connectivity index is 1.45. The lowest BCUT2D eigenvalue weighted by atomic mass is 10.0. The Morgan fingerprint density at radius 3 is 2.67 bits per heavy atom. The van der Waals surface area contributed by atoms with Gasteiger partial charge in [0, 0.05) is 56.8 Å².